The molecular formula is C12H9Cl2FN2. The van der Waals surface area contributed by atoms with Crippen molar-refractivity contribution in [3.05, 3.63) is 58.4 Å². The van der Waals surface area contributed by atoms with E-state index in [0.717, 1.165) is 11.1 Å². The lowest BCUT2D eigenvalue weighted by Crippen LogP contribution is -1.98. The lowest BCUT2D eigenvalue weighted by Gasteiger charge is -2.03. The van der Waals surface area contributed by atoms with Crippen molar-refractivity contribution in [1.29, 1.82) is 0 Å². The molecule has 0 aliphatic carbocycles. The molecule has 1 aromatic carbocycles. The molecule has 0 unspecified atom stereocenters. The lowest BCUT2D eigenvalue weighted by atomic mass is 10.1. The third kappa shape index (κ3) is 3.14. The average Bonchev–Trinajstić information content (AvgIpc) is 2.34. The van der Waals surface area contributed by atoms with Crippen LogP contribution in [0.25, 0.3) is 0 Å². The number of hydrogen-bond donors (Lipinski definition) is 0. The minimum absolute atomic E-state index is 0.350. The summed E-state index contributed by atoms with van der Waals surface area (Å²) in [5.74, 6) is 0.668. The van der Waals surface area contributed by atoms with E-state index in [1.807, 2.05) is 0 Å². The van der Waals surface area contributed by atoms with E-state index in [-0.39, 0.29) is 5.82 Å². The van der Waals surface area contributed by atoms with Gasteiger partial charge < -0.3 is 0 Å². The van der Waals surface area contributed by atoms with Crippen LogP contribution in [0.5, 0.6) is 0 Å². The Morgan fingerprint density at radius 1 is 1.18 bits per heavy atom. The Bertz CT molecular complexity index is 514. The molecule has 2 nitrogen and oxygen atoms in total. The molecule has 88 valence electrons. The van der Waals surface area contributed by atoms with Crippen LogP contribution in [0.2, 0.25) is 5.02 Å². The summed E-state index contributed by atoms with van der Waals surface area (Å²) in [7, 11) is 0. The molecule has 2 aromatic rings. The second-order valence-electron chi connectivity index (χ2n) is 3.55. The van der Waals surface area contributed by atoms with Crippen LogP contribution in [0.4, 0.5) is 4.39 Å². The predicted octanol–water partition coefficient (Wildman–Crippen LogP) is 3.60. The number of aromatic nitrogens is 2. The van der Waals surface area contributed by atoms with Gasteiger partial charge in [0.15, 0.2) is 0 Å². The van der Waals surface area contributed by atoms with E-state index in [2.05, 4.69) is 9.97 Å². The first-order valence-electron chi connectivity index (χ1n) is 4.98. The van der Waals surface area contributed by atoms with Crippen LogP contribution >= 0.6 is 23.2 Å². The van der Waals surface area contributed by atoms with Gasteiger partial charge in [0.1, 0.15) is 11.6 Å². The minimum atomic E-state index is -0.350. The second-order valence-corrected chi connectivity index (χ2v) is 4.23. The third-order valence-electron chi connectivity index (χ3n) is 2.28. The van der Waals surface area contributed by atoms with Crippen molar-refractivity contribution >= 4 is 23.2 Å². The highest BCUT2D eigenvalue weighted by Crippen LogP contribution is 2.19. The molecule has 1 aromatic heterocycles. The molecule has 0 bridgehead atoms. The smallest absolute Gasteiger partial charge is 0.132 e. The monoisotopic (exact) mass is 270 g/mol. The topological polar surface area (TPSA) is 25.8 Å². The van der Waals surface area contributed by atoms with E-state index >= 15 is 0 Å². The molecule has 0 amide bonds. The van der Waals surface area contributed by atoms with Gasteiger partial charge in [-0.3, -0.25) is 0 Å². The van der Waals surface area contributed by atoms with E-state index in [1.165, 1.54) is 12.1 Å². The molecule has 17 heavy (non-hydrogen) atoms. The van der Waals surface area contributed by atoms with Crippen molar-refractivity contribution in [2.24, 2.45) is 0 Å². The largest absolute Gasteiger partial charge is 0.241 e. The SMILES string of the molecule is Fc1ccc(Cc2ncc(CCl)cn2)c(Cl)c1. The van der Waals surface area contributed by atoms with E-state index < -0.39 is 0 Å². The molecule has 5 heteroatoms. The van der Waals surface area contributed by atoms with Crippen molar-refractivity contribution in [2.45, 2.75) is 12.3 Å². The number of benzene rings is 1. The van der Waals surface area contributed by atoms with Gasteiger partial charge >= 0.3 is 0 Å². The Morgan fingerprint density at radius 3 is 2.47 bits per heavy atom. The maximum atomic E-state index is 12.9. The highest BCUT2D eigenvalue weighted by molar-refractivity contribution is 6.31. The van der Waals surface area contributed by atoms with E-state index in [0.29, 0.717) is 23.1 Å². The fourth-order valence-corrected chi connectivity index (χ4v) is 1.75. The normalized spacial score (nSPS) is 10.5. The zero-order chi connectivity index (χ0) is 12.3. The third-order valence-corrected chi connectivity index (χ3v) is 2.94. The van der Waals surface area contributed by atoms with Gasteiger partial charge in [0, 0.05) is 29.4 Å². The summed E-state index contributed by atoms with van der Waals surface area (Å²) in [5.41, 5.74) is 1.66. The number of rotatable bonds is 3. The van der Waals surface area contributed by atoms with Gasteiger partial charge in [-0.2, -0.15) is 0 Å². The lowest BCUT2D eigenvalue weighted by molar-refractivity contribution is 0.627. The fourth-order valence-electron chi connectivity index (χ4n) is 1.38. The zero-order valence-electron chi connectivity index (χ0n) is 8.83. The summed E-state index contributed by atoms with van der Waals surface area (Å²) in [6.45, 7) is 0. The van der Waals surface area contributed by atoms with Gasteiger partial charge in [-0.1, -0.05) is 17.7 Å². The maximum absolute atomic E-state index is 12.9. The molecule has 0 fully saturated rings. The van der Waals surface area contributed by atoms with Crippen molar-refractivity contribution in [1.82, 2.24) is 9.97 Å². The Kier molecular flexibility index (Phi) is 3.92. The molecule has 0 spiro atoms. The van der Waals surface area contributed by atoms with Gasteiger partial charge in [0.25, 0.3) is 0 Å². The van der Waals surface area contributed by atoms with E-state index in [1.54, 1.807) is 18.5 Å². The number of nitrogens with zero attached hydrogens (tertiary/aromatic N) is 2. The van der Waals surface area contributed by atoms with Crippen molar-refractivity contribution in [2.75, 3.05) is 0 Å². The summed E-state index contributed by atoms with van der Waals surface area (Å²) in [6, 6.07) is 4.29. The van der Waals surface area contributed by atoms with Gasteiger partial charge in [-0.15, -0.1) is 11.6 Å². The van der Waals surface area contributed by atoms with Gasteiger partial charge in [0.05, 0.1) is 5.88 Å². The molecule has 0 saturated heterocycles. The van der Waals surface area contributed by atoms with Crippen molar-refractivity contribution in [3.63, 3.8) is 0 Å². The van der Waals surface area contributed by atoms with Crippen LogP contribution in [0.15, 0.2) is 30.6 Å². The molecule has 2 rings (SSSR count). The van der Waals surface area contributed by atoms with Crippen LogP contribution in [0.1, 0.15) is 17.0 Å². The molecule has 0 aliphatic heterocycles. The summed E-state index contributed by atoms with van der Waals surface area (Å²) < 4.78 is 12.9. The summed E-state index contributed by atoms with van der Waals surface area (Å²) in [4.78, 5) is 8.32. The quantitative estimate of drug-likeness (QED) is 0.797. The molecule has 0 saturated carbocycles. The van der Waals surface area contributed by atoms with Crippen LogP contribution < -0.4 is 0 Å². The number of hydrogen-bond acceptors (Lipinski definition) is 2. The second kappa shape index (κ2) is 5.43. The van der Waals surface area contributed by atoms with Crippen molar-refractivity contribution in [3.8, 4) is 0 Å². The van der Waals surface area contributed by atoms with Crippen LogP contribution in [0, 0.1) is 5.82 Å². The first-order valence-corrected chi connectivity index (χ1v) is 5.90. The number of halogens is 3. The zero-order valence-corrected chi connectivity index (χ0v) is 10.3. The van der Waals surface area contributed by atoms with Crippen molar-refractivity contribution < 1.29 is 4.39 Å². The van der Waals surface area contributed by atoms with Crippen LogP contribution in [-0.4, -0.2) is 9.97 Å². The van der Waals surface area contributed by atoms with Gasteiger partial charge in [-0.25, -0.2) is 14.4 Å². The molecular weight excluding hydrogens is 262 g/mol. The first kappa shape index (κ1) is 12.3. The summed E-state index contributed by atoms with van der Waals surface area (Å²) >= 11 is 11.6. The fraction of sp³-hybridized carbons (Fsp3) is 0.167. The predicted molar refractivity (Wildman–Crippen MR) is 65.8 cm³/mol. The molecule has 0 atom stereocenters. The molecule has 0 aliphatic rings. The Hall–Kier alpha value is -1.19. The van der Waals surface area contributed by atoms with Crippen LogP contribution in [0.3, 0.4) is 0 Å². The Labute approximate surface area is 108 Å². The summed E-state index contributed by atoms with van der Waals surface area (Å²) in [6.07, 6.45) is 3.82. The Morgan fingerprint density at radius 2 is 1.88 bits per heavy atom. The van der Waals surface area contributed by atoms with Gasteiger partial charge in [-0.05, 0) is 17.7 Å². The molecule has 1 heterocycles. The number of alkyl halides is 1. The highest BCUT2D eigenvalue weighted by Gasteiger charge is 2.05. The van der Waals surface area contributed by atoms with E-state index in [4.69, 9.17) is 23.2 Å². The average molecular weight is 271 g/mol. The molecule has 0 N–H and O–H groups in total. The van der Waals surface area contributed by atoms with E-state index in [9.17, 15) is 4.39 Å². The molecule has 0 radical (unpaired) electrons. The van der Waals surface area contributed by atoms with Gasteiger partial charge in [0.2, 0.25) is 0 Å². The highest BCUT2D eigenvalue weighted by atomic mass is 35.5. The first-order chi connectivity index (χ1) is 8.19. The Balaban J connectivity index is 2.19. The van der Waals surface area contributed by atoms with Crippen LogP contribution in [-0.2, 0) is 12.3 Å². The maximum Gasteiger partial charge on any atom is 0.132 e. The minimum Gasteiger partial charge on any atom is -0.241 e. The standard InChI is InChI=1S/C12H9Cl2FN2/c13-5-8-6-16-12(17-7-8)3-9-1-2-10(15)4-11(9)14/h1-2,4,6-7H,3,5H2. The summed E-state index contributed by atoms with van der Waals surface area (Å²) in [5, 5.41) is 0.384.